The largest absolute Gasteiger partial charge is 0.359 e. The Bertz CT molecular complexity index is 1140. The van der Waals surface area contributed by atoms with Crippen molar-refractivity contribution in [2.24, 2.45) is 11.8 Å². The molecule has 2 atom stereocenters. The van der Waals surface area contributed by atoms with Gasteiger partial charge in [-0.2, -0.15) is 0 Å². The first-order chi connectivity index (χ1) is 15.7. The molecule has 0 saturated carbocycles. The van der Waals surface area contributed by atoms with Crippen LogP contribution in [0.1, 0.15) is 35.8 Å². The number of piperidine rings is 1. The van der Waals surface area contributed by atoms with Gasteiger partial charge in [0.2, 0.25) is 5.91 Å². The van der Waals surface area contributed by atoms with Crippen LogP contribution in [0, 0.1) is 31.5 Å². The van der Waals surface area contributed by atoms with E-state index in [2.05, 4.69) is 17.3 Å². The van der Waals surface area contributed by atoms with Gasteiger partial charge in [0.05, 0.1) is 6.54 Å². The average molecular weight is 486 g/mol. The highest BCUT2D eigenvalue weighted by molar-refractivity contribution is 5.97. The summed E-state index contributed by atoms with van der Waals surface area (Å²) in [6, 6.07) is 13.0. The third-order valence-corrected chi connectivity index (χ3v) is 6.37. The average Bonchev–Trinajstić information content (AvgIpc) is 3.20. The van der Waals surface area contributed by atoms with Crippen LogP contribution in [-0.4, -0.2) is 36.6 Å². The molecule has 182 valence electrons. The molecule has 1 fully saturated rings. The van der Waals surface area contributed by atoms with E-state index in [1.165, 1.54) is 6.07 Å². The van der Waals surface area contributed by atoms with Gasteiger partial charge in [-0.15, -0.1) is 12.4 Å². The Morgan fingerprint density at radius 3 is 2.47 bits per heavy atom. The monoisotopic (exact) mass is 485 g/mol. The summed E-state index contributed by atoms with van der Waals surface area (Å²) in [7, 11) is 3.97. The molecule has 1 aliphatic rings. The Balaban J connectivity index is 0.00000324. The number of carbonyl (C=O) groups excluding carboxylic acids is 1. The van der Waals surface area contributed by atoms with Crippen LogP contribution in [0.25, 0.3) is 11.3 Å². The van der Waals surface area contributed by atoms with Gasteiger partial charge in [0.15, 0.2) is 5.76 Å². The summed E-state index contributed by atoms with van der Waals surface area (Å²) in [6.45, 7) is 7.32. The van der Waals surface area contributed by atoms with Crippen molar-refractivity contribution in [2.75, 3.05) is 25.5 Å². The van der Waals surface area contributed by atoms with Gasteiger partial charge in [-0.1, -0.05) is 30.3 Å². The standard InChI is InChI=1S/C27H32FN3O2.ClH/c1-17-11-22(25-14-23(33-29-25)16-30(4)5)12-18(2)26(17)31-15-20(10-19(3)27(31)32)13-21-8-6-7-9-24(21)28;/h6-9,11-12,14,19-20H,10,13,15-16H2,1-5H3;1H/t19-,20-;/m1./s1. The topological polar surface area (TPSA) is 49.6 Å². The third-order valence-electron chi connectivity index (χ3n) is 6.37. The van der Waals surface area contributed by atoms with Crippen LogP contribution in [0.3, 0.4) is 0 Å². The van der Waals surface area contributed by atoms with Crippen molar-refractivity contribution in [3.8, 4) is 11.3 Å². The SMILES string of the molecule is Cc1cc(-c2cc(CN(C)C)on2)cc(C)c1N1C[C@@H](Cc2ccccc2F)C[C@@H](C)C1=O.Cl. The molecule has 0 unspecified atom stereocenters. The summed E-state index contributed by atoms with van der Waals surface area (Å²) in [5, 5.41) is 4.24. The molecule has 7 heteroatoms. The fourth-order valence-corrected chi connectivity index (χ4v) is 4.98. The van der Waals surface area contributed by atoms with E-state index in [1.807, 2.05) is 62.9 Å². The number of halogens is 2. The summed E-state index contributed by atoms with van der Waals surface area (Å²) in [5.74, 6) is 0.876. The lowest BCUT2D eigenvalue weighted by atomic mass is 9.84. The number of hydrogen-bond acceptors (Lipinski definition) is 4. The third kappa shape index (κ3) is 5.50. The van der Waals surface area contributed by atoms with Gasteiger partial charge < -0.3 is 14.3 Å². The number of rotatable bonds is 6. The maximum atomic E-state index is 14.2. The van der Waals surface area contributed by atoms with Crippen molar-refractivity contribution in [1.82, 2.24) is 10.1 Å². The van der Waals surface area contributed by atoms with Gasteiger partial charge in [0, 0.05) is 29.8 Å². The van der Waals surface area contributed by atoms with Crippen LogP contribution in [0.4, 0.5) is 10.1 Å². The van der Waals surface area contributed by atoms with Gasteiger partial charge in [-0.25, -0.2) is 4.39 Å². The first kappa shape index (κ1) is 25.9. The molecule has 1 aromatic heterocycles. The number of nitrogens with zero attached hydrogens (tertiary/aromatic N) is 3. The van der Waals surface area contributed by atoms with Crippen molar-refractivity contribution in [3.63, 3.8) is 0 Å². The van der Waals surface area contributed by atoms with E-state index in [4.69, 9.17) is 4.52 Å². The lowest BCUT2D eigenvalue weighted by Gasteiger charge is -2.38. The highest BCUT2D eigenvalue weighted by atomic mass is 35.5. The van der Waals surface area contributed by atoms with Crippen molar-refractivity contribution in [1.29, 1.82) is 0 Å². The molecule has 2 aromatic carbocycles. The molecule has 0 spiro atoms. The second-order valence-electron chi connectivity index (χ2n) is 9.62. The van der Waals surface area contributed by atoms with Crippen LogP contribution in [0.2, 0.25) is 0 Å². The number of hydrogen-bond donors (Lipinski definition) is 0. The molecule has 1 amide bonds. The lowest BCUT2D eigenvalue weighted by Crippen LogP contribution is -2.46. The fraction of sp³-hybridized carbons (Fsp3) is 0.407. The first-order valence-corrected chi connectivity index (χ1v) is 11.5. The van der Waals surface area contributed by atoms with E-state index in [9.17, 15) is 9.18 Å². The van der Waals surface area contributed by atoms with Crippen LogP contribution >= 0.6 is 12.4 Å². The minimum atomic E-state index is -0.174. The minimum absolute atomic E-state index is 0. The Kier molecular flexibility index (Phi) is 8.16. The lowest BCUT2D eigenvalue weighted by molar-refractivity contribution is -0.124. The molecule has 0 bridgehead atoms. The molecule has 0 radical (unpaired) electrons. The van der Waals surface area contributed by atoms with Crippen LogP contribution < -0.4 is 4.90 Å². The molecule has 2 heterocycles. The summed E-state index contributed by atoms with van der Waals surface area (Å²) < 4.78 is 19.7. The van der Waals surface area contributed by atoms with E-state index in [1.54, 1.807) is 6.07 Å². The summed E-state index contributed by atoms with van der Waals surface area (Å²) in [5.41, 5.74) is 5.48. The maximum Gasteiger partial charge on any atom is 0.229 e. The zero-order chi connectivity index (χ0) is 23.7. The van der Waals surface area contributed by atoms with E-state index >= 15 is 0 Å². The van der Waals surface area contributed by atoms with E-state index in [0.29, 0.717) is 25.1 Å². The van der Waals surface area contributed by atoms with Gasteiger partial charge in [-0.05, 0) is 81.6 Å². The fourth-order valence-electron chi connectivity index (χ4n) is 4.98. The number of anilines is 1. The zero-order valence-corrected chi connectivity index (χ0v) is 21.3. The molecular weight excluding hydrogens is 453 g/mol. The quantitative estimate of drug-likeness (QED) is 0.442. The highest BCUT2D eigenvalue weighted by Gasteiger charge is 2.34. The van der Waals surface area contributed by atoms with Crippen molar-refractivity contribution < 1.29 is 13.7 Å². The van der Waals surface area contributed by atoms with Crippen molar-refractivity contribution >= 4 is 24.0 Å². The van der Waals surface area contributed by atoms with E-state index in [0.717, 1.165) is 40.3 Å². The van der Waals surface area contributed by atoms with Gasteiger partial charge in [-0.3, -0.25) is 4.79 Å². The zero-order valence-electron chi connectivity index (χ0n) is 20.5. The number of benzene rings is 2. The van der Waals surface area contributed by atoms with Crippen LogP contribution in [-0.2, 0) is 17.8 Å². The summed E-state index contributed by atoms with van der Waals surface area (Å²) in [6.07, 6.45) is 1.40. The number of aromatic nitrogens is 1. The predicted molar refractivity (Wildman–Crippen MR) is 136 cm³/mol. The second kappa shape index (κ2) is 10.7. The van der Waals surface area contributed by atoms with E-state index < -0.39 is 0 Å². The second-order valence-corrected chi connectivity index (χ2v) is 9.62. The Labute approximate surface area is 207 Å². The van der Waals surface area contributed by atoms with Crippen LogP contribution in [0.5, 0.6) is 0 Å². The normalized spacial score (nSPS) is 18.3. The van der Waals surface area contributed by atoms with Crippen molar-refractivity contribution in [2.45, 2.75) is 40.2 Å². The Morgan fingerprint density at radius 1 is 1.15 bits per heavy atom. The predicted octanol–water partition coefficient (Wildman–Crippen LogP) is 5.81. The molecule has 34 heavy (non-hydrogen) atoms. The summed E-state index contributed by atoms with van der Waals surface area (Å²) >= 11 is 0. The van der Waals surface area contributed by atoms with Gasteiger partial charge in [0.25, 0.3) is 0 Å². The first-order valence-electron chi connectivity index (χ1n) is 11.5. The molecule has 5 nitrogen and oxygen atoms in total. The summed E-state index contributed by atoms with van der Waals surface area (Å²) in [4.78, 5) is 17.1. The molecule has 4 rings (SSSR count). The molecular formula is C27H33ClFN3O2. The minimum Gasteiger partial charge on any atom is -0.359 e. The smallest absolute Gasteiger partial charge is 0.229 e. The van der Waals surface area contributed by atoms with Crippen LogP contribution in [0.15, 0.2) is 47.0 Å². The van der Waals surface area contributed by atoms with E-state index in [-0.39, 0.29) is 36.0 Å². The molecule has 3 aromatic rings. The molecule has 1 saturated heterocycles. The van der Waals surface area contributed by atoms with Gasteiger partial charge in [0.1, 0.15) is 11.5 Å². The molecule has 1 aliphatic heterocycles. The maximum absolute atomic E-state index is 14.2. The highest BCUT2D eigenvalue weighted by Crippen LogP contribution is 2.36. The van der Waals surface area contributed by atoms with Gasteiger partial charge >= 0.3 is 0 Å². The molecule has 0 N–H and O–H groups in total. The Hall–Kier alpha value is -2.70. The number of amides is 1. The van der Waals surface area contributed by atoms with Crippen molar-refractivity contribution in [3.05, 3.63) is 70.7 Å². The Morgan fingerprint density at radius 2 is 1.82 bits per heavy atom. The molecule has 0 aliphatic carbocycles. The number of aryl methyl sites for hydroxylation is 2. The number of carbonyl (C=O) groups is 1.